The van der Waals surface area contributed by atoms with E-state index in [4.69, 9.17) is 9.47 Å². The van der Waals surface area contributed by atoms with Gasteiger partial charge in [0.2, 0.25) is 0 Å². The number of carbonyl (C=O) groups excluding carboxylic acids is 2. The molecule has 36 heavy (non-hydrogen) atoms. The molecule has 6 nitrogen and oxygen atoms in total. The van der Waals surface area contributed by atoms with E-state index in [1.165, 1.54) is 0 Å². The van der Waals surface area contributed by atoms with E-state index in [9.17, 15) is 9.59 Å². The summed E-state index contributed by atoms with van der Waals surface area (Å²) in [6, 6.07) is 18.9. The van der Waals surface area contributed by atoms with E-state index < -0.39 is 11.2 Å². The third-order valence-electron chi connectivity index (χ3n) is 5.52. The summed E-state index contributed by atoms with van der Waals surface area (Å²) >= 11 is 0. The van der Waals surface area contributed by atoms with E-state index >= 15 is 0 Å². The summed E-state index contributed by atoms with van der Waals surface area (Å²) in [4.78, 5) is 29.5. The fourth-order valence-electron chi connectivity index (χ4n) is 3.98. The van der Waals surface area contributed by atoms with Gasteiger partial charge in [-0.25, -0.2) is 14.6 Å². The molecule has 4 aromatic rings. The van der Waals surface area contributed by atoms with E-state index in [0.29, 0.717) is 11.1 Å². The SMILES string of the molecule is Cn1cnc2c(-c3ccc(C(=O)OC(C)(C)C)cc3)ccc(-c3ccc(C(=O)OC(C)(C)C)cc3)c21. The summed E-state index contributed by atoms with van der Waals surface area (Å²) < 4.78 is 12.9. The van der Waals surface area contributed by atoms with E-state index in [-0.39, 0.29) is 11.9 Å². The highest BCUT2D eigenvalue weighted by Crippen LogP contribution is 2.35. The van der Waals surface area contributed by atoms with Gasteiger partial charge in [-0.2, -0.15) is 0 Å². The second kappa shape index (κ2) is 9.26. The number of aryl methyl sites for hydroxylation is 1. The summed E-state index contributed by atoms with van der Waals surface area (Å²) in [5.41, 5.74) is 5.68. The molecule has 0 aliphatic rings. The number of benzene rings is 3. The molecule has 0 fully saturated rings. The van der Waals surface area contributed by atoms with E-state index in [0.717, 1.165) is 33.3 Å². The normalized spacial score (nSPS) is 12.0. The van der Waals surface area contributed by atoms with Crippen LogP contribution in [0, 0.1) is 0 Å². The Hall–Kier alpha value is -3.93. The number of fused-ring (bicyclic) bond motifs is 1. The molecule has 0 amide bonds. The molecule has 0 aliphatic carbocycles. The molecule has 0 unspecified atom stereocenters. The lowest BCUT2D eigenvalue weighted by atomic mass is 9.96. The third-order valence-corrected chi connectivity index (χ3v) is 5.52. The van der Waals surface area contributed by atoms with Crippen LogP contribution in [0.4, 0.5) is 0 Å². The van der Waals surface area contributed by atoms with Gasteiger partial charge >= 0.3 is 11.9 Å². The molecule has 1 heterocycles. The zero-order valence-electron chi connectivity index (χ0n) is 21.9. The minimum atomic E-state index is -0.545. The van der Waals surface area contributed by atoms with E-state index in [2.05, 4.69) is 11.1 Å². The second-order valence-electron chi connectivity index (χ2n) is 10.9. The predicted molar refractivity (Wildman–Crippen MR) is 142 cm³/mol. The maximum atomic E-state index is 12.4. The third kappa shape index (κ3) is 5.48. The fraction of sp³-hybridized carbons (Fsp3) is 0.300. The zero-order chi connectivity index (χ0) is 26.3. The summed E-state index contributed by atoms with van der Waals surface area (Å²) in [6.45, 7) is 11.1. The van der Waals surface area contributed by atoms with Crippen molar-refractivity contribution in [1.29, 1.82) is 0 Å². The first-order chi connectivity index (χ1) is 16.8. The first-order valence-electron chi connectivity index (χ1n) is 11.9. The summed E-state index contributed by atoms with van der Waals surface area (Å²) in [6.07, 6.45) is 1.79. The number of hydrogen-bond donors (Lipinski definition) is 0. The van der Waals surface area contributed by atoms with Gasteiger partial charge in [-0.1, -0.05) is 36.4 Å². The Morgan fingerprint density at radius 1 is 0.667 bits per heavy atom. The summed E-state index contributed by atoms with van der Waals surface area (Å²) in [5.74, 6) is -0.688. The molecule has 0 N–H and O–H groups in total. The Morgan fingerprint density at radius 2 is 1.08 bits per heavy atom. The number of carbonyl (C=O) groups is 2. The van der Waals surface area contributed by atoms with Gasteiger partial charge < -0.3 is 14.0 Å². The van der Waals surface area contributed by atoms with Crippen LogP contribution in [0.1, 0.15) is 62.3 Å². The lowest BCUT2D eigenvalue weighted by Gasteiger charge is -2.19. The van der Waals surface area contributed by atoms with Crippen molar-refractivity contribution in [3.05, 3.63) is 78.1 Å². The van der Waals surface area contributed by atoms with Gasteiger partial charge in [-0.3, -0.25) is 0 Å². The number of nitrogens with zero attached hydrogens (tertiary/aromatic N) is 2. The minimum Gasteiger partial charge on any atom is -0.456 e. The lowest BCUT2D eigenvalue weighted by Crippen LogP contribution is -2.23. The van der Waals surface area contributed by atoms with Crippen LogP contribution in [0.3, 0.4) is 0 Å². The van der Waals surface area contributed by atoms with Crippen molar-refractivity contribution < 1.29 is 19.1 Å². The highest BCUT2D eigenvalue weighted by atomic mass is 16.6. The largest absolute Gasteiger partial charge is 0.456 e. The van der Waals surface area contributed by atoms with Crippen LogP contribution in [0.25, 0.3) is 33.3 Å². The molecule has 0 atom stereocenters. The fourth-order valence-corrected chi connectivity index (χ4v) is 3.98. The first-order valence-corrected chi connectivity index (χ1v) is 11.9. The van der Waals surface area contributed by atoms with Gasteiger partial charge in [-0.15, -0.1) is 0 Å². The molecule has 0 aliphatic heterocycles. The number of ether oxygens (including phenoxy) is 2. The molecule has 1 aromatic heterocycles. The molecule has 0 bridgehead atoms. The molecule has 186 valence electrons. The number of esters is 2. The van der Waals surface area contributed by atoms with E-state index in [1.54, 1.807) is 30.6 Å². The monoisotopic (exact) mass is 484 g/mol. The molecule has 0 radical (unpaired) electrons. The van der Waals surface area contributed by atoms with Crippen molar-refractivity contribution in [3.8, 4) is 22.3 Å². The van der Waals surface area contributed by atoms with Crippen molar-refractivity contribution in [2.24, 2.45) is 7.05 Å². The predicted octanol–water partition coefficient (Wildman–Crippen LogP) is 6.82. The zero-order valence-corrected chi connectivity index (χ0v) is 21.9. The summed E-state index contributed by atoms with van der Waals surface area (Å²) in [5, 5.41) is 0. The van der Waals surface area contributed by atoms with Crippen molar-refractivity contribution in [3.63, 3.8) is 0 Å². The van der Waals surface area contributed by atoms with Gasteiger partial charge in [0.05, 0.1) is 28.5 Å². The van der Waals surface area contributed by atoms with Crippen LogP contribution < -0.4 is 0 Å². The first kappa shape index (κ1) is 25.2. The molecule has 3 aromatic carbocycles. The van der Waals surface area contributed by atoms with Crippen LogP contribution in [0.5, 0.6) is 0 Å². The Morgan fingerprint density at radius 3 is 1.53 bits per heavy atom. The number of aromatic nitrogens is 2. The molecule has 0 spiro atoms. The van der Waals surface area contributed by atoms with Gasteiger partial charge in [0.25, 0.3) is 0 Å². The maximum Gasteiger partial charge on any atom is 0.338 e. The van der Waals surface area contributed by atoms with Crippen molar-refractivity contribution >= 4 is 23.0 Å². The Bertz CT molecular complexity index is 1420. The molecular weight excluding hydrogens is 452 g/mol. The Balaban J connectivity index is 1.67. The van der Waals surface area contributed by atoms with Crippen molar-refractivity contribution in [2.45, 2.75) is 52.7 Å². The lowest BCUT2D eigenvalue weighted by molar-refractivity contribution is 0.00570. The van der Waals surface area contributed by atoms with Gasteiger partial charge in [-0.05, 0) is 76.9 Å². The maximum absolute atomic E-state index is 12.4. The van der Waals surface area contributed by atoms with Crippen LogP contribution in [-0.4, -0.2) is 32.7 Å². The number of imidazole rings is 1. The van der Waals surface area contributed by atoms with Crippen molar-refractivity contribution in [1.82, 2.24) is 9.55 Å². The van der Waals surface area contributed by atoms with Crippen LogP contribution in [0.2, 0.25) is 0 Å². The summed E-state index contributed by atoms with van der Waals surface area (Å²) in [7, 11) is 1.96. The topological polar surface area (TPSA) is 70.4 Å². The average molecular weight is 485 g/mol. The highest BCUT2D eigenvalue weighted by molar-refractivity contribution is 6.02. The van der Waals surface area contributed by atoms with Gasteiger partial charge in [0.1, 0.15) is 11.2 Å². The molecule has 6 heteroatoms. The smallest absolute Gasteiger partial charge is 0.338 e. The molecule has 4 rings (SSSR count). The molecular formula is C30H32N2O4. The van der Waals surface area contributed by atoms with Crippen molar-refractivity contribution in [2.75, 3.05) is 0 Å². The second-order valence-corrected chi connectivity index (χ2v) is 10.9. The highest BCUT2D eigenvalue weighted by Gasteiger charge is 2.20. The number of hydrogen-bond acceptors (Lipinski definition) is 5. The van der Waals surface area contributed by atoms with Crippen LogP contribution in [0.15, 0.2) is 67.0 Å². The quantitative estimate of drug-likeness (QED) is 0.297. The Labute approximate surface area is 211 Å². The standard InChI is InChI=1S/C30H32N2O4/c1-29(2,3)35-27(33)21-12-8-19(9-13-21)23-16-17-24(26-25(23)31-18-32(26)7)20-10-14-22(15-11-20)28(34)36-30(4,5)6/h8-18H,1-7H3. The van der Waals surface area contributed by atoms with Crippen LogP contribution >= 0.6 is 0 Å². The van der Waals surface area contributed by atoms with Gasteiger partial charge in [0.15, 0.2) is 0 Å². The molecule has 0 saturated carbocycles. The van der Waals surface area contributed by atoms with Gasteiger partial charge in [0, 0.05) is 18.2 Å². The molecule has 0 saturated heterocycles. The van der Waals surface area contributed by atoms with Crippen LogP contribution in [-0.2, 0) is 16.5 Å². The van der Waals surface area contributed by atoms with E-state index in [1.807, 2.05) is 83.5 Å². The Kier molecular flexibility index (Phi) is 6.48. The average Bonchev–Trinajstić information content (AvgIpc) is 3.18. The number of rotatable bonds is 4. The minimum absolute atomic E-state index is 0.343.